The maximum absolute atomic E-state index is 11.4. The number of ether oxygens (including phenoxy) is 1. The van der Waals surface area contributed by atoms with E-state index in [1.807, 2.05) is 19.9 Å². The molecule has 0 spiro atoms. The Morgan fingerprint density at radius 1 is 1.39 bits per heavy atom. The molecule has 0 aliphatic carbocycles. The van der Waals surface area contributed by atoms with Crippen LogP contribution in [0.25, 0.3) is 0 Å². The molecule has 0 aliphatic rings. The van der Waals surface area contributed by atoms with Crippen LogP contribution in [0.4, 0.5) is 4.79 Å². The number of urea groups is 1. The molecule has 0 fully saturated rings. The number of nitrogens with one attached hydrogen (secondary N) is 2. The quantitative estimate of drug-likeness (QED) is 0.864. The number of carbonyl (C=O) groups excluding carboxylic acids is 1. The number of halogens is 1. The third-order valence-electron chi connectivity index (χ3n) is 2.50. The highest BCUT2D eigenvalue weighted by Crippen LogP contribution is 2.27. The van der Waals surface area contributed by atoms with Gasteiger partial charge in [0.1, 0.15) is 5.75 Å². The van der Waals surface area contributed by atoms with Crippen LogP contribution >= 0.6 is 11.6 Å². The number of methoxy groups -OCH3 is 1. The number of carbonyl (C=O) groups is 1. The number of hydrogen-bond donors (Lipinski definition) is 2. The van der Waals surface area contributed by atoms with Gasteiger partial charge in [-0.1, -0.05) is 18.5 Å². The third kappa shape index (κ3) is 4.11. The molecule has 2 amide bonds. The van der Waals surface area contributed by atoms with Crippen LogP contribution in [0.3, 0.4) is 0 Å². The van der Waals surface area contributed by atoms with Crippen LogP contribution in [0, 0.1) is 6.92 Å². The highest BCUT2D eigenvalue weighted by molar-refractivity contribution is 6.30. The number of amides is 2. The Balaban J connectivity index is 2.69. The van der Waals surface area contributed by atoms with E-state index in [0.29, 0.717) is 18.1 Å². The molecule has 0 atom stereocenters. The number of aryl methyl sites for hydroxylation is 1. The molecule has 18 heavy (non-hydrogen) atoms. The molecule has 1 rings (SSSR count). The molecule has 0 radical (unpaired) electrons. The van der Waals surface area contributed by atoms with E-state index in [4.69, 9.17) is 16.3 Å². The zero-order valence-corrected chi connectivity index (χ0v) is 11.7. The van der Waals surface area contributed by atoms with Crippen LogP contribution in [0.2, 0.25) is 5.02 Å². The third-order valence-corrected chi connectivity index (χ3v) is 2.71. The summed E-state index contributed by atoms with van der Waals surface area (Å²) in [6.45, 7) is 4.98. The minimum absolute atomic E-state index is 0.184. The minimum Gasteiger partial charge on any atom is -0.496 e. The fraction of sp³-hybridized carbons (Fsp3) is 0.462. The second-order valence-electron chi connectivity index (χ2n) is 4.02. The molecule has 0 heterocycles. The summed E-state index contributed by atoms with van der Waals surface area (Å²) in [7, 11) is 1.61. The van der Waals surface area contributed by atoms with Gasteiger partial charge in [0.05, 0.1) is 7.11 Å². The van der Waals surface area contributed by atoms with Crippen molar-refractivity contribution in [2.45, 2.75) is 26.8 Å². The van der Waals surface area contributed by atoms with Crippen molar-refractivity contribution in [1.29, 1.82) is 0 Å². The van der Waals surface area contributed by atoms with Gasteiger partial charge in [-0.05, 0) is 31.0 Å². The van der Waals surface area contributed by atoms with E-state index in [2.05, 4.69) is 10.6 Å². The van der Waals surface area contributed by atoms with E-state index in [1.165, 1.54) is 0 Å². The molecule has 1 aromatic rings. The van der Waals surface area contributed by atoms with Gasteiger partial charge in [-0.15, -0.1) is 0 Å². The molecular formula is C13H19ClN2O2. The lowest BCUT2D eigenvalue weighted by atomic mass is 10.1. The monoisotopic (exact) mass is 270 g/mol. The lowest BCUT2D eigenvalue weighted by molar-refractivity contribution is 0.240. The minimum atomic E-state index is -0.184. The van der Waals surface area contributed by atoms with Crippen molar-refractivity contribution in [2.24, 2.45) is 0 Å². The maximum atomic E-state index is 11.4. The van der Waals surface area contributed by atoms with Crippen molar-refractivity contribution in [3.05, 3.63) is 28.3 Å². The molecular weight excluding hydrogens is 252 g/mol. The van der Waals surface area contributed by atoms with Gasteiger partial charge in [0, 0.05) is 23.7 Å². The van der Waals surface area contributed by atoms with Gasteiger partial charge < -0.3 is 15.4 Å². The molecule has 4 nitrogen and oxygen atoms in total. The first-order chi connectivity index (χ1) is 8.58. The van der Waals surface area contributed by atoms with Gasteiger partial charge in [-0.25, -0.2) is 4.79 Å². The van der Waals surface area contributed by atoms with Crippen LogP contribution in [0.15, 0.2) is 12.1 Å². The zero-order chi connectivity index (χ0) is 13.5. The van der Waals surface area contributed by atoms with Crippen molar-refractivity contribution < 1.29 is 9.53 Å². The lowest BCUT2D eigenvalue weighted by Gasteiger charge is -2.13. The summed E-state index contributed by atoms with van der Waals surface area (Å²) in [5, 5.41) is 6.16. The van der Waals surface area contributed by atoms with Gasteiger partial charge in [0.25, 0.3) is 0 Å². The molecule has 0 unspecified atom stereocenters. The van der Waals surface area contributed by atoms with Crippen molar-refractivity contribution in [3.8, 4) is 5.75 Å². The van der Waals surface area contributed by atoms with Crippen LogP contribution in [0.5, 0.6) is 5.75 Å². The van der Waals surface area contributed by atoms with Gasteiger partial charge >= 0.3 is 6.03 Å². The van der Waals surface area contributed by atoms with Crippen molar-refractivity contribution in [1.82, 2.24) is 10.6 Å². The summed E-state index contributed by atoms with van der Waals surface area (Å²) in [6, 6.07) is 3.45. The van der Waals surface area contributed by atoms with Gasteiger partial charge in [-0.2, -0.15) is 0 Å². The summed E-state index contributed by atoms with van der Waals surface area (Å²) < 4.78 is 5.31. The van der Waals surface area contributed by atoms with E-state index < -0.39 is 0 Å². The Morgan fingerprint density at radius 2 is 2.11 bits per heavy atom. The normalized spacial score (nSPS) is 10.0. The summed E-state index contributed by atoms with van der Waals surface area (Å²) in [6.07, 6.45) is 0.910. The Labute approximate surface area is 113 Å². The van der Waals surface area contributed by atoms with Crippen molar-refractivity contribution in [3.63, 3.8) is 0 Å². The van der Waals surface area contributed by atoms with E-state index in [0.717, 1.165) is 23.3 Å². The fourth-order valence-corrected chi connectivity index (χ4v) is 1.99. The maximum Gasteiger partial charge on any atom is 0.315 e. The summed E-state index contributed by atoms with van der Waals surface area (Å²) >= 11 is 5.99. The second-order valence-corrected chi connectivity index (χ2v) is 4.46. The van der Waals surface area contributed by atoms with Crippen LogP contribution in [-0.4, -0.2) is 19.7 Å². The van der Waals surface area contributed by atoms with Crippen LogP contribution < -0.4 is 15.4 Å². The topological polar surface area (TPSA) is 50.4 Å². The largest absolute Gasteiger partial charge is 0.496 e. The SMILES string of the molecule is CCCNC(=O)NCc1cc(Cl)cc(C)c1OC. The number of hydrogen-bond acceptors (Lipinski definition) is 2. The lowest BCUT2D eigenvalue weighted by Crippen LogP contribution is -2.35. The van der Waals surface area contributed by atoms with E-state index in [9.17, 15) is 4.79 Å². The number of rotatable bonds is 5. The first-order valence-corrected chi connectivity index (χ1v) is 6.31. The molecule has 0 aliphatic heterocycles. The molecule has 5 heteroatoms. The standard InChI is InChI=1S/C13H19ClN2O2/c1-4-5-15-13(17)16-8-10-7-11(14)6-9(2)12(10)18-3/h6-7H,4-5,8H2,1-3H3,(H2,15,16,17). The first-order valence-electron chi connectivity index (χ1n) is 5.93. The Kier molecular flexibility index (Phi) is 5.78. The molecule has 0 saturated carbocycles. The smallest absolute Gasteiger partial charge is 0.315 e. The van der Waals surface area contributed by atoms with Gasteiger partial charge in [-0.3, -0.25) is 0 Å². The summed E-state index contributed by atoms with van der Waals surface area (Å²) in [5.41, 5.74) is 1.82. The fourth-order valence-electron chi connectivity index (χ4n) is 1.70. The summed E-state index contributed by atoms with van der Waals surface area (Å²) in [4.78, 5) is 11.4. The van der Waals surface area contributed by atoms with E-state index in [-0.39, 0.29) is 6.03 Å². The van der Waals surface area contributed by atoms with E-state index in [1.54, 1.807) is 13.2 Å². The Bertz CT molecular complexity index is 422. The molecule has 100 valence electrons. The Hall–Kier alpha value is -1.42. The molecule has 2 N–H and O–H groups in total. The van der Waals surface area contributed by atoms with Crippen LogP contribution in [0.1, 0.15) is 24.5 Å². The van der Waals surface area contributed by atoms with Crippen molar-refractivity contribution in [2.75, 3.05) is 13.7 Å². The van der Waals surface area contributed by atoms with Crippen molar-refractivity contribution >= 4 is 17.6 Å². The number of benzene rings is 1. The average Bonchev–Trinajstić information content (AvgIpc) is 2.33. The zero-order valence-electron chi connectivity index (χ0n) is 11.0. The summed E-state index contributed by atoms with van der Waals surface area (Å²) in [5.74, 6) is 0.759. The molecule has 1 aromatic carbocycles. The highest BCUT2D eigenvalue weighted by Gasteiger charge is 2.09. The average molecular weight is 271 g/mol. The van der Waals surface area contributed by atoms with Crippen LogP contribution in [-0.2, 0) is 6.54 Å². The highest BCUT2D eigenvalue weighted by atomic mass is 35.5. The molecule has 0 bridgehead atoms. The molecule has 0 saturated heterocycles. The molecule has 0 aromatic heterocycles. The Morgan fingerprint density at radius 3 is 2.72 bits per heavy atom. The first kappa shape index (κ1) is 14.6. The second kappa shape index (κ2) is 7.11. The predicted octanol–water partition coefficient (Wildman–Crippen LogP) is 2.87. The van der Waals surface area contributed by atoms with Gasteiger partial charge in [0.2, 0.25) is 0 Å². The predicted molar refractivity (Wildman–Crippen MR) is 73.3 cm³/mol. The van der Waals surface area contributed by atoms with E-state index >= 15 is 0 Å². The van der Waals surface area contributed by atoms with Gasteiger partial charge in [0.15, 0.2) is 0 Å².